The third-order valence-electron chi connectivity index (χ3n) is 2.26. The Labute approximate surface area is 93.8 Å². The SMILES string of the molecule is CC(C(=O)O)n1c(=S)[nH]c2nc[nH]c2c1=O. The van der Waals surface area contributed by atoms with Gasteiger partial charge in [0.15, 0.2) is 10.4 Å². The van der Waals surface area contributed by atoms with E-state index in [4.69, 9.17) is 17.3 Å². The van der Waals surface area contributed by atoms with Gasteiger partial charge in [0.1, 0.15) is 11.6 Å². The number of nitrogens with zero attached hydrogens (tertiary/aromatic N) is 2. The van der Waals surface area contributed by atoms with Crippen molar-refractivity contribution < 1.29 is 9.90 Å². The molecule has 0 aromatic carbocycles. The van der Waals surface area contributed by atoms with Gasteiger partial charge in [0.05, 0.1) is 6.33 Å². The molecule has 0 spiro atoms. The predicted octanol–water partition coefficient (Wildman–Crippen LogP) is 0.428. The van der Waals surface area contributed by atoms with Gasteiger partial charge in [-0.25, -0.2) is 9.78 Å². The molecule has 8 heteroatoms. The lowest BCUT2D eigenvalue weighted by atomic mass is 10.3. The highest BCUT2D eigenvalue weighted by Crippen LogP contribution is 2.06. The van der Waals surface area contributed by atoms with Crippen molar-refractivity contribution in [2.45, 2.75) is 13.0 Å². The third-order valence-corrected chi connectivity index (χ3v) is 2.56. The molecule has 0 amide bonds. The summed E-state index contributed by atoms with van der Waals surface area (Å²) in [5.41, 5.74) is 0.0386. The van der Waals surface area contributed by atoms with Gasteiger partial charge in [0.25, 0.3) is 5.56 Å². The number of hydrogen-bond acceptors (Lipinski definition) is 4. The van der Waals surface area contributed by atoms with E-state index in [-0.39, 0.29) is 10.3 Å². The smallest absolute Gasteiger partial charge is 0.326 e. The van der Waals surface area contributed by atoms with Crippen LogP contribution < -0.4 is 5.56 Å². The van der Waals surface area contributed by atoms with Gasteiger partial charge < -0.3 is 15.1 Å². The molecule has 0 saturated heterocycles. The molecule has 16 heavy (non-hydrogen) atoms. The van der Waals surface area contributed by atoms with Gasteiger partial charge in [-0.05, 0) is 19.1 Å². The van der Waals surface area contributed by atoms with Gasteiger partial charge >= 0.3 is 5.97 Å². The molecule has 2 rings (SSSR count). The first-order valence-electron chi connectivity index (χ1n) is 4.43. The zero-order valence-electron chi connectivity index (χ0n) is 8.22. The highest BCUT2D eigenvalue weighted by Gasteiger charge is 2.18. The molecule has 3 N–H and O–H groups in total. The summed E-state index contributed by atoms with van der Waals surface area (Å²) in [7, 11) is 0. The van der Waals surface area contributed by atoms with Gasteiger partial charge in [0.2, 0.25) is 0 Å². The molecule has 0 aliphatic heterocycles. The first-order valence-corrected chi connectivity index (χ1v) is 4.84. The lowest BCUT2D eigenvalue weighted by Gasteiger charge is -2.09. The Morgan fingerprint density at radius 2 is 2.38 bits per heavy atom. The van der Waals surface area contributed by atoms with Crippen LogP contribution in [0.1, 0.15) is 13.0 Å². The van der Waals surface area contributed by atoms with Crippen LogP contribution in [-0.2, 0) is 4.79 Å². The van der Waals surface area contributed by atoms with Crippen LogP contribution in [0.15, 0.2) is 11.1 Å². The van der Waals surface area contributed by atoms with E-state index in [0.29, 0.717) is 5.65 Å². The second-order valence-corrected chi connectivity index (χ2v) is 3.63. The standard InChI is InChI=1S/C8H8N4O3S/c1-3(7(14)15)12-6(13)4-5(10-2-9-4)11-8(12)16/h2-3H,1H3,(H,9,10)(H,11,16)(H,14,15). The van der Waals surface area contributed by atoms with Crippen LogP contribution in [-0.4, -0.2) is 30.6 Å². The maximum Gasteiger partial charge on any atom is 0.326 e. The number of aromatic amines is 2. The molecule has 0 aliphatic carbocycles. The van der Waals surface area contributed by atoms with E-state index in [1.807, 2.05) is 0 Å². The van der Waals surface area contributed by atoms with Crippen LogP contribution in [0.5, 0.6) is 0 Å². The number of hydrogen-bond donors (Lipinski definition) is 3. The van der Waals surface area contributed by atoms with Gasteiger partial charge in [-0.2, -0.15) is 0 Å². The van der Waals surface area contributed by atoms with Crippen molar-refractivity contribution in [3.8, 4) is 0 Å². The minimum absolute atomic E-state index is 0.0412. The molecule has 0 fully saturated rings. The summed E-state index contributed by atoms with van der Waals surface area (Å²) in [6.45, 7) is 1.38. The largest absolute Gasteiger partial charge is 0.480 e. The van der Waals surface area contributed by atoms with Crippen molar-refractivity contribution >= 4 is 29.4 Å². The summed E-state index contributed by atoms with van der Waals surface area (Å²) >= 11 is 4.92. The van der Waals surface area contributed by atoms with E-state index < -0.39 is 17.6 Å². The number of carbonyl (C=O) groups is 1. The highest BCUT2D eigenvalue weighted by atomic mass is 32.1. The average Bonchev–Trinajstić information content (AvgIpc) is 2.65. The summed E-state index contributed by atoms with van der Waals surface area (Å²) in [6.07, 6.45) is 1.34. The Balaban J connectivity index is 2.84. The number of nitrogens with one attached hydrogen (secondary N) is 2. The van der Waals surface area contributed by atoms with Gasteiger partial charge in [-0.3, -0.25) is 9.36 Å². The fourth-order valence-electron chi connectivity index (χ4n) is 1.39. The number of aromatic nitrogens is 4. The normalized spacial score (nSPS) is 12.8. The predicted molar refractivity (Wildman–Crippen MR) is 57.9 cm³/mol. The topological polar surface area (TPSA) is 104 Å². The molecule has 2 aromatic rings. The van der Waals surface area contributed by atoms with Crippen LogP contribution in [0.25, 0.3) is 11.2 Å². The highest BCUT2D eigenvalue weighted by molar-refractivity contribution is 7.71. The van der Waals surface area contributed by atoms with Crippen LogP contribution in [0.3, 0.4) is 0 Å². The minimum Gasteiger partial charge on any atom is -0.480 e. The van der Waals surface area contributed by atoms with E-state index in [9.17, 15) is 9.59 Å². The molecule has 0 saturated carbocycles. The second-order valence-electron chi connectivity index (χ2n) is 3.25. The van der Waals surface area contributed by atoms with Crippen molar-refractivity contribution in [3.05, 3.63) is 21.5 Å². The summed E-state index contributed by atoms with van der Waals surface area (Å²) in [5, 5.41) is 8.86. The van der Waals surface area contributed by atoms with E-state index in [2.05, 4.69) is 15.0 Å². The number of H-pyrrole nitrogens is 2. The molecule has 0 aliphatic rings. The zero-order chi connectivity index (χ0) is 11.9. The summed E-state index contributed by atoms with van der Waals surface area (Å²) in [5.74, 6) is -1.12. The average molecular weight is 240 g/mol. The van der Waals surface area contributed by atoms with E-state index >= 15 is 0 Å². The summed E-state index contributed by atoms with van der Waals surface area (Å²) in [4.78, 5) is 31.9. The molecule has 1 atom stereocenters. The number of imidazole rings is 1. The molecular weight excluding hydrogens is 232 g/mol. The van der Waals surface area contributed by atoms with Gasteiger partial charge in [-0.1, -0.05) is 0 Å². The van der Waals surface area contributed by atoms with E-state index in [0.717, 1.165) is 4.57 Å². The number of aliphatic carboxylic acids is 1. The maximum absolute atomic E-state index is 11.9. The lowest BCUT2D eigenvalue weighted by molar-refractivity contribution is -0.140. The monoisotopic (exact) mass is 240 g/mol. The third kappa shape index (κ3) is 1.43. The first-order chi connectivity index (χ1) is 7.52. The fourth-order valence-corrected chi connectivity index (χ4v) is 1.73. The summed E-state index contributed by atoms with van der Waals surface area (Å²) < 4.78 is 1.04. The Morgan fingerprint density at radius 3 is 3.00 bits per heavy atom. The molecular formula is C8H8N4O3S. The quantitative estimate of drug-likeness (QED) is 0.660. The molecule has 1 unspecified atom stereocenters. The minimum atomic E-state index is -1.12. The Morgan fingerprint density at radius 1 is 1.69 bits per heavy atom. The van der Waals surface area contributed by atoms with Crippen LogP contribution in [0.2, 0.25) is 0 Å². The fraction of sp³-hybridized carbons (Fsp3) is 0.250. The van der Waals surface area contributed by atoms with Crippen LogP contribution in [0, 0.1) is 4.77 Å². The Kier molecular flexibility index (Phi) is 2.35. The molecule has 84 valence electrons. The molecule has 0 radical (unpaired) electrons. The first kappa shape index (κ1) is 10.6. The maximum atomic E-state index is 11.9. The molecule has 2 aromatic heterocycles. The Hall–Kier alpha value is -1.96. The second kappa shape index (κ2) is 3.56. The number of fused-ring (bicyclic) bond motifs is 1. The molecule has 7 nitrogen and oxygen atoms in total. The molecule has 0 bridgehead atoms. The van der Waals surface area contributed by atoms with Crippen molar-refractivity contribution in [3.63, 3.8) is 0 Å². The van der Waals surface area contributed by atoms with Gasteiger partial charge in [-0.15, -0.1) is 0 Å². The van der Waals surface area contributed by atoms with Gasteiger partial charge in [0, 0.05) is 0 Å². The van der Waals surface area contributed by atoms with Crippen molar-refractivity contribution in [2.75, 3.05) is 0 Å². The Bertz CT molecular complexity index is 668. The van der Waals surface area contributed by atoms with Crippen molar-refractivity contribution in [2.24, 2.45) is 0 Å². The zero-order valence-corrected chi connectivity index (χ0v) is 9.04. The summed E-state index contributed by atoms with van der Waals surface area (Å²) in [6, 6.07) is -1.02. The number of carboxylic acid groups (broad SMARTS) is 1. The lowest BCUT2D eigenvalue weighted by Crippen LogP contribution is -2.29. The molecule has 2 heterocycles. The number of rotatable bonds is 2. The van der Waals surface area contributed by atoms with Crippen molar-refractivity contribution in [1.82, 2.24) is 19.5 Å². The van der Waals surface area contributed by atoms with E-state index in [1.54, 1.807) is 0 Å². The van der Waals surface area contributed by atoms with Crippen LogP contribution in [0.4, 0.5) is 0 Å². The van der Waals surface area contributed by atoms with Crippen molar-refractivity contribution in [1.29, 1.82) is 0 Å². The van der Waals surface area contributed by atoms with E-state index in [1.165, 1.54) is 13.3 Å². The number of carboxylic acids is 1. The van der Waals surface area contributed by atoms with Crippen LogP contribution >= 0.6 is 12.2 Å².